The second-order valence-electron chi connectivity index (χ2n) is 4.78. The van der Waals surface area contributed by atoms with Crippen LogP contribution in [0.2, 0.25) is 0 Å². The maximum atomic E-state index is 5.85. The van der Waals surface area contributed by atoms with Gasteiger partial charge in [0.15, 0.2) is 0 Å². The number of nitrogens with one attached hydrogen (secondary N) is 1. The highest BCUT2D eigenvalue weighted by Crippen LogP contribution is 2.21. The second kappa shape index (κ2) is 5.92. The van der Waals surface area contributed by atoms with E-state index in [4.69, 9.17) is 10.5 Å². The molecular formula is C14H22N2O. The lowest BCUT2D eigenvalue weighted by atomic mass is 10.2. The third-order valence-electron chi connectivity index (χ3n) is 3.37. The first-order valence-corrected chi connectivity index (χ1v) is 6.47. The molecule has 0 aliphatic heterocycles. The molecule has 0 saturated heterocycles. The molecule has 3 N–H and O–H groups in total. The second-order valence-corrected chi connectivity index (χ2v) is 4.78. The van der Waals surface area contributed by atoms with Crippen LogP contribution in [0.25, 0.3) is 0 Å². The summed E-state index contributed by atoms with van der Waals surface area (Å²) in [5.41, 5.74) is 8.89. The third-order valence-corrected chi connectivity index (χ3v) is 3.37. The molecule has 1 aliphatic carbocycles. The van der Waals surface area contributed by atoms with Crippen LogP contribution in [0.5, 0.6) is 0 Å². The fourth-order valence-electron chi connectivity index (χ4n) is 2.23. The minimum Gasteiger partial charge on any atom is -0.398 e. The van der Waals surface area contributed by atoms with Crippen molar-refractivity contribution in [3.05, 3.63) is 23.8 Å². The monoisotopic (exact) mass is 234 g/mol. The summed E-state index contributed by atoms with van der Waals surface area (Å²) in [6, 6.07) is 6.07. The molecule has 0 unspecified atom stereocenters. The first kappa shape index (κ1) is 12.2. The van der Waals surface area contributed by atoms with Gasteiger partial charge in [-0.05, 0) is 37.5 Å². The Morgan fingerprint density at radius 2 is 2.12 bits per heavy atom. The van der Waals surface area contributed by atoms with Crippen LogP contribution in [0.3, 0.4) is 0 Å². The van der Waals surface area contributed by atoms with Crippen molar-refractivity contribution in [2.45, 2.75) is 38.7 Å². The van der Waals surface area contributed by atoms with Crippen molar-refractivity contribution in [1.29, 1.82) is 0 Å². The number of aryl methyl sites for hydroxylation is 1. The van der Waals surface area contributed by atoms with Gasteiger partial charge in [-0.15, -0.1) is 0 Å². The van der Waals surface area contributed by atoms with Crippen molar-refractivity contribution in [2.75, 3.05) is 24.2 Å². The lowest BCUT2D eigenvalue weighted by Crippen LogP contribution is -2.15. The highest BCUT2D eigenvalue weighted by molar-refractivity contribution is 5.58. The molecule has 1 saturated carbocycles. The molecule has 0 atom stereocenters. The topological polar surface area (TPSA) is 47.3 Å². The summed E-state index contributed by atoms with van der Waals surface area (Å²) in [7, 11) is 0. The first-order valence-electron chi connectivity index (χ1n) is 6.47. The summed E-state index contributed by atoms with van der Waals surface area (Å²) in [5, 5.41) is 3.33. The zero-order valence-corrected chi connectivity index (χ0v) is 10.5. The van der Waals surface area contributed by atoms with Crippen LogP contribution < -0.4 is 11.1 Å². The van der Waals surface area contributed by atoms with Crippen molar-refractivity contribution in [3.8, 4) is 0 Å². The van der Waals surface area contributed by atoms with Crippen molar-refractivity contribution in [2.24, 2.45) is 0 Å². The van der Waals surface area contributed by atoms with Gasteiger partial charge in [0, 0.05) is 17.9 Å². The molecule has 0 bridgehead atoms. The van der Waals surface area contributed by atoms with Gasteiger partial charge < -0.3 is 15.8 Å². The summed E-state index contributed by atoms with van der Waals surface area (Å²) in [6.07, 6.45) is 5.62. The number of hydrogen-bond donors (Lipinski definition) is 2. The zero-order chi connectivity index (χ0) is 12.1. The minimum atomic E-state index is 0.500. The molecule has 94 valence electrons. The van der Waals surface area contributed by atoms with E-state index in [-0.39, 0.29) is 0 Å². The van der Waals surface area contributed by atoms with Crippen LogP contribution >= 0.6 is 0 Å². The number of benzene rings is 1. The van der Waals surface area contributed by atoms with E-state index in [1.165, 1.54) is 25.7 Å². The van der Waals surface area contributed by atoms with Crippen molar-refractivity contribution in [1.82, 2.24) is 0 Å². The predicted molar refractivity (Wildman–Crippen MR) is 72.3 cm³/mol. The Morgan fingerprint density at radius 1 is 1.35 bits per heavy atom. The number of hydrogen-bond acceptors (Lipinski definition) is 3. The maximum Gasteiger partial charge on any atom is 0.0642 e. The Kier molecular flexibility index (Phi) is 4.26. The summed E-state index contributed by atoms with van der Waals surface area (Å²) >= 11 is 0. The summed E-state index contributed by atoms with van der Waals surface area (Å²) in [4.78, 5) is 0. The molecule has 3 heteroatoms. The Bertz CT molecular complexity index is 359. The first-order chi connectivity index (χ1) is 8.25. The van der Waals surface area contributed by atoms with Gasteiger partial charge in [0.1, 0.15) is 0 Å². The smallest absolute Gasteiger partial charge is 0.0642 e. The minimum absolute atomic E-state index is 0.500. The highest BCUT2D eigenvalue weighted by Gasteiger charge is 2.14. The molecule has 0 radical (unpaired) electrons. The Labute approximate surface area is 103 Å². The SMILES string of the molecule is Cc1ccc(NCCOC2CCCC2)cc1N. The Morgan fingerprint density at radius 3 is 2.82 bits per heavy atom. The largest absolute Gasteiger partial charge is 0.398 e. The van der Waals surface area contributed by atoms with Gasteiger partial charge in [0.2, 0.25) is 0 Å². The van der Waals surface area contributed by atoms with E-state index in [1.807, 2.05) is 19.1 Å². The van der Waals surface area contributed by atoms with Gasteiger partial charge in [-0.25, -0.2) is 0 Å². The van der Waals surface area contributed by atoms with Gasteiger partial charge in [0.05, 0.1) is 12.7 Å². The normalized spacial score (nSPS) is 16.3. The van der Waals surface area contributed by atoms with Crippen molar-refractivity contribution >= 4 is 11.4 Å². The lowest BCUT2D eigenvalue weighted by Gasteiger charge is -2.12. The zero-order valence-electron chi connectivity index (χ0n) is 10.5. The molecule has 0 heterocycles. The van der Waals surface area contributed by atoms with Crippen LogP contribution in [0.15, 0.2) is 18.2 Å². The maximum absolute atomic E-state index is 5.85. The molecule has 0 spiro atoms. The van der Waals surface area contributed by atoms with Gasteiger partial charge in [-0.1, -0.05) is 18.9 Å². The van der Waals surface area contributed by atoms with Crippen LogP contribution in [0.1, 0.15) is 31.2 Å². The quantitative estimate of drug-likeness (QED) is 0.608. The Balaban J connectivity index is 1.68. The van der Waals surface area contributed by atoms with Crippen LogP contribution in [-0.2, 0) is 4.74 Å². The van der Waals surface area contributed by atoms with Crippen LogP contribution in [-0.4, -0.2) is 19.3 Å². The lowest BCUT2D eigenvalue weighted by molar-refractivity contribution is 0.0659. The molecule has 0 aromatic heterocycles. The molecule has 1 fully saturated rings. The van der Waals surface area contributed by atoms with Crippen molar-refractivity contribution in [3.63, 3.8) is 0 Å². The molecule has 1 aromatic carbocycles. The highest BCUT2D eigenvalue weighted by atomic mass is 16.5. The van der Waals surface area contributed by atoms with Gasteiger partial charge in [-0.3, -0.25) is 0 Å². The molecule has 2 rings (SSSR count). The van der Waals surface area contributed by atoms with Crippen LogP contribution in [0, 0.1) is 6.92 Å². The van der Waals surface area contributed by atoms with E-state index in [0.717, 1.165) is 30.1 Å². The standard InChI is InChI=1S/C14H22N2O/c1-11-6-7-12(10-14(11)15)16-8-9-17-13-4-2-3-5-13/h6-7,10,13,16H,2-5,8-9,15H2,1H3. The van der Waals surface area contributed by atoms with Gasteiger partial charge in [0.25, 0.3) is 0 Å². The van der Waals surface area contributed by atoms with E-state index in [0.29, 0.717) is 6.10 Å². The van der Waals surface area contributed by atoms with E-state index < -0.39 is 0 Å². The summed E-state index contributed by atoms with van der Waals surface area (Å²) in [6.45, 7) is 3.64. The van der Waals surface area contributed by atoms with E-state index in [2.05, 4.69) is 11.4 Å². The number of nitrogen functional groups attached to an aromatic ring is 1. The van der Waals surface area contributed by atoms with Gasteiger partial charge >= 0.3 is 0 Å². The average Bonchev–Trinajstić information content (AvgIpc) is 2.82. The molecule has 3 nitrogen and oxygen atoms in total. The van der Waals surface area contributed by atoms with Crippen molar-refractivity contribution < 1.29 is 4.74 Å². The Hall–Kier alpha value is -1.22. The molecule has 17 heavy (non-hydrogen) atoms. The fraction of sp³-hybridized carbons (Fsp3) is 0.571. The van der Waals surface area contributed by atoms with E-state index in [1.54, 1.807) is 0 Å². The molecule has 1 aliphatic rings. The molecular weight excluding hydrogens is 212 g/mol. The summed E-state index contributed by atoms with van der Waals surface area (Å²) in [5.74, 6) is 0. The predicted octanol–water partition coefficient (Wildman–Crippen LogP) is 2.95. The molecule has 0 amide bonds. The third kappa shape index (κ3) is 3.63. The number of nitrogens with two attached hydrogens (primary N) is 1. The number of rotatable bonds is 5. The van der Waals surface area contributed by atoms with Gasteiger partial charge in [-0.2, -0.15) is 0 Å². The summed E-state index contributed by atoms with van der Waals surface area (Å²) < 4.78 is 5.78. The van der Waals surface area contributed by atoms with Crippen LogP contribution in [0.4, 0.5) is 11.4 Å². The molecule has 1 aromatic rings. The van der Waals surface area contributed by atoms with E-state index in [9.17, 15) is 0 Å². The average molecular weight is 234 g/mol. The fourth-order valence-corrected chi connectivity index (χ4v) is 2.23. The number of ether oxygens (including phenoxy) is 1. The number of anilines is 2. The van der Waals surface area contributed by atoms with E-state index >= 15 is 0 Å².